The van der Waals surface area contributed by atoms with Gasteiger partial charge in [0, 0.05) is 37.1 Å². The van der Waals surface area contributed by atoms with Crippen molar-refractivity contribution in [3.8, 4) is 0 Å². The number of hydrogen-bond acceptors (Lipinski definition) is 3. The summed E-state index contributed by atoms with van der Waals surface area (Å²) in [5, 5.41) is 6.09. The molecule has 5 heteroatoms. The first-order valence-corrected chi connectivity index (χ1v) is 7.11. The molecule has 1 heterocycles. The van der Waals surface area contributed by atoms with Crippen molar-refractivity contribution in [2.24, 2.45) is 0 Å². The van der Waals surface area contributed by atoms with E-state index in [1.807, 2.05) is 12.4 Å². The Morgan fingerprint density at radius 3 is 2.94 bits per heavy atom. The van der Waals surface area contributed by atoms with Gasteiger partial charge in [-0.2, -0.15) is 0 Å². The predicted molar refractivity (Wildman–Crippen MR) is 73.9 cm³/mol. The van der Waals surface area contributed by atoms with Gasteiger partial charge in [-0.05, 0) is 12.8 Å². The van der Waals surface area contributed by atoms with Gasteiger partial charge in [0.15, 0.2) is 0 Å². The Bertz CT molecular complexity index is 408. The molecule has 0 radical (unpaired) electrons. The van der Waals surface area contributed by atoms with Crippen LogP contribution < -0.4 is 5.32 Å². The second kappa shape index (κ2) is 6.00. The summed E-state index contributed by atoms with van der Waals surface area (Å²) in [5.74, 6) is 0.280. The molecule has 0 aromatic carbocycles. The zero-order valence-corrected chi connectivity index (χ0v) is 11.6. The maximum Gasteiger partial charge on any atom is 0.317 e. The van der Waals surface area contributed by atoms with Crippen molar-refractivity contribution in [2.75, 3.05) is 13.6 Å². The van der Waals surface area contributed by atoms with Crippen LogP contribution in [0.2, 0.25) is 0 Å². The van der Waals surface area contributed by atoms with E-state index in [4.69, 9.17) is 0 Å². The highest BCUT2D eigenvalue weighted by atomic mass is 32.1. The Labute approximate surface area is 112 Å². The Kier molecular flexibility index (Phi) is 4.36. The molecule has 1 aromatic rings. The summed E-state index contributed by atoms with van der Waals surface area (Å²) >= 11 is 1.64. The lowest BCUT2D eigenvalue weighted by molar-refractivity contribution is 0.203. The maximum absolute atomic E-state index is 12.0. The van der Waals surface area contributed by atoms with Gasteiger partial charge in [-0.3, -0.25) is 0 Å². The quantitative estimate of drug-likeness (QED) is 0.851. The minimum absolute atomic E-state index is 0.00658. The molecule has 1 N–H and O–H groups in total. The molecule has 0 saturated carbocycles. The van der Waals surface area contributed by atoms with Gasteiger partial charge < -0.3 is 10.2 Å². The van der Waals surface area contributed by atoms with Crippen molar-refractivity contribution >= 4 is 17.4 Å². The Hall–Kier alpha value is -1.36. The lowest BCUT2D eigenvalue weighted by Gasteiger charge is -2.23. The van der Waals surface area contributed by atoms with Gasteiger partial charge in [0.05, 0.1) is 5.01 Å². The summed E-state index contributed by atoms with van der Waals surface area (Å²) in [6.07, 6.45) is 7.93. The van der Waals surface area contributed by atoms with Crippen molar-refractivity contribution in [1.82, 2.24) is 15.2 Å². The van der Waals surface area contributed by atoms with Gasteiger partial charge in [-0.25, -0.2) is 9.78 Å². The minimum Gasteiger partial charge on any atom is -0.335 e. The zero-order valence-electron chi connectivity index (χ0n) is 10.8. The number of urea groups is 1. The number of likely N-dealkylation sites (N-methyl/N-ethyl adjacent to an activating group) is 1. The molecule has 4 nitrogen and oxygen atoms in total. The summed E-state index contributed by atoms with van der Waals surface area (Å²) in [6.45, 7) is 2.79. The van der Waals surface area contributed by atoms with Crippen molar-refractivity contribution in [3.63, 3.8) is 0 Å². The fourth-order valence-electron chi connectivity index (χ4n) is 2.07. The number of carbonyl (C=O) groups excluding carboxylic acids is 1. The molecule has 0 saturated heterocycles. The fraction of sp³-hybridized carbons (Fsp3) is 0.538. The van der Waals surface area contributed by atoms with Crippen LogP contribution in [0.5, 0.6) is 0 Å². The topological polar surface area (TPSA) is 45.2 Å². The van der Waals surface area contributed by atoms with E-state index >= 15 is 0 Å². The lowest BCUT2D eigenvalue weighted by Crippen LogP contribution is -2.43. The maximum atomic E-state index is 12.0. The van der Waals surface area contributed by atoms with Crippen LogP contribution >= 0.6 is 11.3 Å². The van der Waals surface area contributed by atoms with E-state index in [0.29, 0.717) is 6.54 Å². The van der Waals surface area contributed by atoms with Gasteiger partial charge >= 0.3 is 6.03 Å². The van der Waals surface area contributed by atoms with Gasteiger partial charge in [0.1, 0.15) is 0 Å². The smallest absolute Gasteiger partial charge is 0.317 e. The van der Waals surface area contributed by atoms with E-state index in [2.05, 4.69) is 29.4 Å². The highest BCUT2D eigenvalue weighted by Crippen LogP contribution is 2.18. The number of nitrogens with one attached hydrogen (secondary N) is 1. The molecule has 1 aliphatic carbocycles. The van der Waals surface area contributed by atoms with Crippen molar-refractivity contribution in [1.29, 1.82) is 0 Å². The molecule has 98 valence electrons. The Morgan fingerprint density at radius 2 is 2.33 bits per heavy atom. The summed E-state index contributed by atoms with van der Waals surface area (Å²) in [4.78, 5) is 18.0. The van der Waals surface area contributed by atoms with Crippen LogP contribution in [0.15, 0.2) is 23.7 Å². The Morgan fingerprint density at radius 1 is 1.61 bits per heavy atom. The van der Waals surface area contributed by atoms with Gasteiger partial charge in [0.25, 0.3) is 0 Å². The number of hydrogen-bond donors (Lipinski definition) is 1. The molecular weight excluding hydrogens is 246 g/mol. The molecule has 18 heavy (non-hydrogen) atoms. The molecule has 2 rings (SSSR count). The van der Waals surface area contributed by atoms with Gasteiger partial charge in [-0.15, -0.1) is 11.3 Å². The predicted octanol–water partition coefficient (Wildman–Crippen LogP) is 2.61. The molecule has 0 aliphatic heterocycles. The number of rotatable bonds is 4. The molecule has 0 unspecified atom stereocenters. The van der Waals surface area contributed by atoms with Crippen LogP contribution in [0, 0.1) is 0 Å². The fourth-order valence-corrected chi connectivity index (χ4v) is 2.76. The molecule has 1 aliphatic rings. The number of nitrogens with zero attached hydrogens (tertiary/aromatic N) is 2. The SMILES string of the molecule is C[C@@H](CN(C)C(=O)NC1CC=CC1)c1nccs1. The zero-order chi connectivity index (χ0) is 13.0. The van der Waals surface area contributed by atoms with Crippen molar-refractivity contribution < 1.29 is 4.79 Å². The second-order valence-corrected chi connectivity index (χ2v) is 5.67. The largest absolute Gasteiger partial charge is 0.335 e. The van der Waals surface area contributed by atoms with Gasteiger partial charge in [-0.1, -0.05) is 19.1 Å². The van der Waals surface area contributed by atoms with Crippen LogP contribution in [-0.2, 0) is 0 Å². The number of aromatic nitrogens is 1. The second-order valence-electron chi connectivity index (χ2n) is 4.74. The molecule has 0 bridgehead atoms. The highest BCUT2D eigenvalue weighted by Gasteiger charge is 2.18. The lowest BCUT2D eigenvalue weighted by atomic mass is 10.2. The molecular formula is C13H19N3OS. The summed E-state index contributed by atoms with van der Waals surface area (Å²) < 4.78 is 0. The summed E-state index contributed by atoms with van der Waals surface area (Å²) in [6, 6.07) is 0.280. The van der Waals surface area contributed by atoms with E-state index in [1.165, 1.54) is 0 Å². The molecule has 1 atom stereocenters. The average molecular weight is 265 g/mol. The van der Waals surface area contributed by atoms with Gasteiger partial charge in [0.2, 0.25) is 0 Å². The Balaban J connectivity index is 1.79. The molecule has 2 amide bonds. The van der Waals surface area contributed by atoms with Crippen LogP contribution in [0.1, 0.15) is 30.7 Å². The number of thiazole rings is 1. The van der Waals surface area contributed by atoms with E-state index in [1.54, 1.807) is 22.4 Å². The van der Waals surface area contributed by atoms with E-state index in [0.717, 1.165) is 17.8 Å². The molecule has 1 aromatic heterocycles. The first-order chi connectivity index (χ1) is 8.66. The third-order valence-electron chi connectivity index (χ3n) is 3.10. The summed E-state index contributed by atoms with van der Waals surface area (Å²) in [5.41, 5.74) is 0. The standard InChI is InChI=1S/C13H19N3OS/c1-10(12-14-7-8-18-12)9-16(2)13(17)15-11-5-3-4-6-11/h3-4,7-8,10-11H,5-6,9H2,1-2H3,(H,15,17)/t10-/m0/s1. The van der Waals surface area contributed by atoms with E-state index < -0.39 is 0 Å². The first kappa shape index (κ1) is 13.1. The minimum atomic E-state index is 0.00658. The molecule has 0 fully saturated rings. The van der Waals surface area contributed by atoms with Crippen molar-refractivity contribution in [2.45, 2.75) is 31.7 Å². The average Bonchev–Trinajstić information content (AvgIpc) is 3.01. The first-order valence-electron chi connectivity index (χ1n) is 6.23. The van der Waals surface area contributed by atoms with E-state index in [9.17, 15) is 4.79 Å². The summed E-state index contributed by atoms with van der Waals surface area (Å²) in [7, 11) is 1.84. The molecule has 0 spiro atoms. The van der Waals surface area contributed by atoms with Crippen LogP contribution in [-0.4, -0.2) is 35.5 Å². The normalized spacial score (nSPS) is 16.8. The van der Waals surface area contributed by atoms with Crippen LogP contribution in [0.3, 0.4) is 0 Å². The third-order valence-corrected chi connectivity index (χ3v) is 4.11. The number of amides is 2. The van der Waals surface area contributed by atoms with E-state index in [-0.39, 0.29) is 18.0 Å². The van der Waals surface area contributed by atoms with Crippen LogP contribution in [0.4, 0.5) is 4.79 Å². The number of carbonyl (C=O) groups is 1. The van der Waals surface area contributed by atoms with Crippen LogP contribution in [0.25, 0.3) is 0 Å². The highest BCUT2D eigenvalue weighted by molar-refractivity contribution is 7.09. The monoisotopic (exact) mass is 265 g/mol. The van der Waals surface area contributed by atoms with Crippen molar-refractivity contribution in [3.05, 3.63) is 28.7 Å². The third kappa shape index (κ3) is 3.32.